The number of aromatic hydroxyl groups is 2. The summed E-state index contributed by atoms with van der Waals surface area (Å²) in [5, 5.41) is 20.7. The van der Waals surface area contributed by atoms with Gasteiger partial charge in [0.2, 0.25) is 0 Å². The molecule has 6 N–H and O–H groups in total. The zero-order chi connectivity index (χ0) is 18.8. The van der Waals surface area contributed by atoms with Gasteiger partial charge < -0.3 is 21.7 Å². The fourth-order valence-corrected chi connectivity index (χ4v) is 2.80. The molecule has 0 heterocycles. The average molecular weight is 348 g/mol. The second-order valence-electron chi connectivity index (χ2n) is 5.71. The smallest absolute Gasteiger partial charge is 0.252 e. The molecule has 0 radical (unpaired) electrons. The first-order valence-corrected chi connectivity index (χ1v) is 7.74. The van der Waals surface area contributed by atoms with E-state index < -0.39 is 11.8 Å². The van der Waals surface area contributed by atoms with Crippen LogP contribution in [0.1, 0.15) is 20.7 Å². The first-order valence-electron chi connectivity index (χ1n) is 7.74. The Kier molecular flexibility index (Phi) is 4.33. The standard InChI is InChI=1S/C20H16N2O4/c21-19(25)15-8-2-6-13(17(15)23)11-4-1-5-12(10-11)14-7-3-9-16(18(14)24)20(22)26/h1-10,23-24H,(H2,21,25)(H2,22,26). The number of hydrogen-bond acceptors (Lipinski definition) is 4. The number of hydrogen-bond donors (Lipinski definition) is 4. The van der Waals surface area contributed by atoms with Crippen LogP contribution in [-0.4, -0.2) is 22.0 Å². The van der Waals surface area contributed by atoms with Crippen LogP contribution in [0.2, 0.25) is 0 Å². The molecular formula is C20H16N2O4. The Hall–Kier alpha value is -3.80. The van der Waals surface area contributed by atoms with Crippen LogP contribution >= 0.6 is 0 Å². The van der Waals surface area contributed by atoms with Gasteiger partial charge in [0.25, 0.3) is 11.8 Å². The van der Waals surface area contributed by atoms with Gasteiger partial charge in [-0.1, -0.05) is 42.5 Å². The largest absolute Gasteiger partial charge is 0.506 e. The molecule has 130 valence electrons. The lowest BCUT2D eigenvalue weighted by Gasteiger charge is -2.11. The summed E-state index contributed by atoms with van der Waals surface area (Å²) >= 11 is 0. The molecular weight excluding hydrogens is 332 g/mol. The Morgan fingerprint density at radius 2 is 1.04 bits per heavy atom. The van der Waals surface area contributed by atoms with E-state index in [1.165, 1.54) is 12.1 Å². The molecule has 0 fully saturated rings. The number of nitrogens with two attached hydrogens (primary N) is 2. The summed E-state index contributed by atoms with van der Waals surface area (Å²) in [4.78, 5) is 22.9. The normalized spacial score (nSPS) is 10.5. The van der Waals surface area contributed by atoms with Crippen LogP contribution in [0, 0.1) is 0 Å². The van der Waals surface area contributed by atoms with E-state index in [0.717, 1.165) is 0 Å². The van der Waals surface area contributed by atoms with Crippen molar-refractivity contribution in [3.05, 3.63) is 71.8 Å². The molecule has 0 atom stereocenters. The molecule has 3 aromatic rings. The molecule has 0 aromatic heterocycles. The van der Waals surface area contributed by atoms with Crippen molar-refractivity contribution in [1.82, 2.24) is 0 Å². The summed E-state index contributed by atoms with van der Waals surface area (Å²) in [5.41, 5.74) is 12.7. The minimum Gasteiger partial charge on any atom is -0.506 e. The predicted molar refractivity (Wildman–Crippen MR) is 97.7 cm³/mol. The lowest BCUT2D eigenvalue weighted by Crippen LogP contribution is -2.11. The Morgan fingerprint density at radius 3 is 1.42 bits per heavy atom. The number of rotatable bonds is 4. The van der Waals surface area contributed by atoms with E-state index in [2.05, 4.69) is 0 Å². The van der Waals surface area contributed by atoms with E-state index in [1.807, 2.05) is 0 Å². The number of carbonyl (C=O) groups is 2. The van der Waals surface area contributed by atoms with Gasteiger partial charge in [0, 0.05) is 11.1 Å². The van der Waals surface area contributed by atoms with E-state index in [0.29, 0.717) is 22.3 Å². The van der Waals surface area contributed by atoms with E-state index >= 15 is 0 Å². The van der Waals surface area contributed by atoms with Crippen molar-refractivity contribution >= 4 is 11.8 Å². The molecule has 6 nitrogen and oxygen atoms in total. The van der Waals surface area contributed by atoms with Gasteiger partial charge in [0.15, 0.2) is 0 Å². The molecule has 0 aliphatic rings. The van der Waals surface area contributed by atoms with Gasteiger partial charge in [-0.3, -0.25) is 9.59 Å². The molecule has 3 aromatic carbocycles. The molecule has 3 rings (SSSR count). The summed E-state index contributed by atoms with van der Waals surface area (Å²) < 4.78 is 0. The molecule has 0 saturated heterocycles. The van der Waals surface area contributed by atoms with Gasteiger partial charge >= 0.3 is 0 Å². The average Bonchev–Trinajstić information content (AvgIpc) is 2.61. The van der Waals surface area contributed by atoms with Gasteiger partial charge in [-0.25, -0.2) is 0 Å². The van der Waals surface area contributed by atoms with Crippen molar-refractivity contribution in [2.24, 2.45) is 11.5 Å². The van der Waals surface area contributed by atoms with Gasteiger partial charge in [0.1, 0.15) is 11.5 Å². The van der Waals surface area contributed by atoms with Gasteiger partial charge in [-0.05, 0) is 29.3 Å². The van der Waals surface area contributed by atoms with Crippen LogP contribution in [0.3, 0.4) is 0 Å². The Balaban J connectivity index is 2.14. The van der Waals surface area contributed by atoms with Crippen LogP contribution < -0.4 is 11.5 Å². The number of benzene rings is 3. The lowest BCUT2D eigenvalue weighted by atomic mass is 9.95. The highest BCUT2D eigenvalue weighted by molar-refractivity contribution is 5.99. The highest BCUT2D eigenvalue weighted by atomic mass is 16.3. The van der Waals surface area contributed by atoms with Gasteiger partial charge in [-0.15, -0.1) is 0 Å². The van der Waals surface area contributed by atoms with Crippen LogP contribution in [0.4, 0.5) is 0 Å². The third-order valence-electron chi connectivity index (χ3n) is 4.09. The maximum atomic E-state index is 11.4. The van der Waals surface area contributed by atoms with Crippen LogP contribution in [0.25, 0.3) is 22.3 Å². The second kappa shape index (κ2) is 6.60. The second-order valence-corrected chi connectivity index (χ2v) is 5.71. The minimum atomic E-state index is -0.729. The van der Waals surface area contributed by atoms with E-state index in [4.69, 9.17) is 11.5 Å². The summed E-state index contributed by atoms with van der Waals surface area (Å²) in [6.07, 6.45) is 0. The fourth-order valence-electron chi connectivity index (χ4n) is 2.80. The fraction of sp³-hybridized carbons (Fsp3) is 0. The van der Waals surface area contributed by atoms with Crippen LogP contribution in [-0.2, 0) is 0 Å². The predicted octanol–water partition coefficient (Wildman–Crippen LogP) is 2.63. The highest BCUT2D eigenvalue weighted by Crippen LogP contribution is 2.37. The first-order chi connectivity index (χ1) is 12.4. The molecule has 0 spiro atoms. The van der Waals surface area contributed by atoms with Crippen molar-refractivity contribution in [2.75, 3.05) is 0 Å². The minimum absolute atomic E-state index is 0.0199. The third-order valence-corrected chi connectivity index (χ3v) is 4.09. The maximum absolute atomic E-state index is 11.4. The molecule has 0 bridgehead atoms. The van der Waals surface area contributed by atoms with Gasteiger partial charge in [0.05, 0.1) is 11.1 Å². The van der Waals surface area contributed by atoms with Gasteiger partial charge in [-0.2, -0.15) is 0 Å². The molecule has 6 heteroatoms. The quantitative estimate of drug-likeness (QED) is 0.578. The lowest BCUT2D eigenvalue weighted by molar-refractivity contribution is 0.0989. The zero-order valence-corrected chi connectivity index (χ0v) is 13.6. The Bertz CT molecular complexity index is 949. The number of carbonyl (C=O) groups excluding carboxylic acids is 2. The van der Waals surface area contributed by atoms with Crippen molar-refractivity contribution in [3.63, 3.8) is 0 Å². The summed E-state index contributed by atoms with van der Waals surface area (Å²) in [6.45, 7) is 0. The van der Waals surface area contributed by atoms with Crippen molar-refractivity contribution < 1.29 is 19.8 Å². The highest BCUT2D eigenvalue weighted by Gasteiger charge is 2.15. The van der Waals surface area contributed by atoms with Crippen molar-refractivity contribution in [1.29, 1.82) is 0 Å². The SMILES string of the molecule is NC(=O)c1cccc(-c2cccc(-c3cccc(C(N)=O)c3O)c2)c1O. The molecule has 0 saturated carbocycles. The molecule has 0 unspecified atom stereocenters. The molecule has 26 heavy (non-hydrogen) atoms. The number of phenols is 2. The maximum Gasteiger partial charge on any atom is 0.252 e. The van der Waals surface area contributed by atoms with Crippen LogP contribution in [0.5, 0.6) is 11.5 Å². The van der Waals surface area contributed by atoms with Crippen molar-refractivity contribution in [2.45, 2.75) is 0 Å². The number of primary amides is 2. The summed E-state index contributed by atoms with van der Waals surface area (Å²) in [7, 11) is 0. The molecule has 0 aliphatic heterocycles. The molecule has 0 aliphatic carbocycles. The number of para-hydroxylation sites is 2. The van der Waals surface area contributed by atoms with Crippen LogP contribution in [0.15, 0.2) is 60.7 Å². The number of amides is 2. The monoisotopic (exact) mass is 348 g/mol. The van der Waals surface area contributed by atoms with E-state index in [9.17, 15) is 19.8 Å². The van der Waals surface area contributed by atoms with E-state index in [-0.39, 0.29) is 22.6 Å². The van der Waals surface area contributed by atoms with E-state index in [1.54, 1.807) is 48.5 Å². The molecule has 2 amide bonds. The Labute approximate surface area is 149 Å². The zero-order valence-electron chi connectivity index (χ0n) is 13.6. The Morgan fingerprint density at radius 1 is 0.654 bits per heavy atom. The third kappa shape index (κ3) is 2.95. The summed E-state index contributed by atoms with van der Waals surface area (Å²) in [5.74, 6) is -1.89. The summed E-state index contributed by atoms with van der Waals surface area (Å²) in [6, 6.07) is 16.4. The topological polar surface area (TPSA) is 127 Å². The first kappa shape index (κ1) is 17.0. The van der Waals surface area contributed by atoms with Crippen molar-refractivity contribution in [3.8, 4) is 33.8 Å².